The molecular weight excluding hydrogens is 400 g/mol. The lowest BCUT2D eigenvalue weighted by Gasteiger charge is -2.36. The maximum absolute atomic E-state index is 14.0. The number of hydrogen-bond donors (Lipinski definition) is 2. The van der Waals surface area contributed by atoms with Gasteiger partial charge < -0.3 is 16.0 Å². The van der Waals surface area contributed by atoms with Crippen molar-refractivity contribution < 1.29 is 18.1 Å². The van der Waals surface area contributed by atoms with Crippen LogP contribution in [-0.4, -0.2) is 54.7 Å². The minimum Gasteiger partial charge on any atom is -0.367 e. The van der Waals surface area contributed by atoms with Gasteiger partial charge in [0.25, 0.3) is 0 Å². The van der Waals surface area contributed by atoms with Gasteiger partial charge >= 0.3 is 6.03 Å². The second-order valence-corrected chi connectivity index (χ2v) is 8.11. The van der Waals surface area contributed by atoms with Crippen molar-refractivity contribution in [2.24, 2.45) is 5.73 Å². The number of piperazine rings is 1. The number of hydrogen-bond acceptors (Lipinski definition) is 3. The number of halogens is 2. The zero-order chi connectivity index (χ0) is 21.8. The van der Waals surface area contributed by atoms with Gasteiger partial charge in [-0.05, 0) is 37.6 Å². The number of allylic oxidation sites excluding steroid dienone is 4. The molecule has 0 aliphatic carbocycles. The van der Waals surface area contributed by atoms with Gasteiger partial charge in [0, 0.05) is 38.3 Å². The molecule has 1 atom stereocenters. The minimum absolute atomic E-state index is 0.348. The second kappa shape index (κ2) is 9.03. The van der Waals surface area contributed by atoms with Gasteiger partial charge in [-0.1, -0.05) is 12.1 Å². The topological polar surface area (TPSA) is 61.6 Å². The summed E-state index contributed by atoms with van der Waals surface area (Å²) in [5.41, 5.74) is 7.44. The van der Waals surface area contributed by atoms with E-state index in [1.807, 2.05) is 29.3 Å². The summed E-state index contributed by atoms with van der Waals surface area (Å²) in [6.07, 6.45) is 14.2. The first-order valence-corrected chi connectivity index (χ1v) is 10.6. The number of unbranched alkanes of at least 4 members (excludes halogenated alkanes) is 1. The third-order valence-corrected chi connectivity index (χ3v) is 6.05. The summed E-state index contributed by atoms with van der Waals surface area (Å²) in [6, 6.07) is 3.78. The maximum Gasteiger partial charge on any atom is 0.316 e. The predicted molar refractivity (Wildman–Crippen MR) is 117 cm³/mol. The Morgan fingerprint density at radius 3 is 2.71 bits per heavy atom. The lowest BCUT2D eigenvalue weighted by Crippen LogP contribution is -2.47. The number of rotatable bonds is 7. The molecule has 31 heavy (non-hydrogen) atoms. The van der Waals surface area contributed by atoms with E-state index in [0.717, 1.165) is 56.5 Å². The number of anilines is 1. The number of carbonyl (C=O) groups excluding carboxylic acids is 1. The number of amides is 2. The normalized spacial score (nSPS) is 22.8. The highest BCUT2D eigenvalue weighted by molar-refractivity contribution is 5.74. The highest BCUT2D eigenvalue weighted by atomic mass is 19.2. The molecule has 0 radical (unpaired) electrons. The standard InChI is InChI=1S/C23H27F2N5O/c24-20-7-5-8-21(22(20)25)29-12-10-28(11-13-29)9-2-4-15-30-14-3-1-6-19(30)16-18(17-30)27-23(26)31/h1,3,5-8,14,16-17H,2,4,9-13,15H2,(H2-,26,27,31)/p+1. The Bertz CT molecular complexity index is 963. The fourth-order valence-electron chi connectivity index (χ4n) is 4.45. The van der Waals surface area contributed by atoms with Crippen molar-refractivity contribution in [3.63, 3.8) is 0 Å². The zero-order valence-electron chi connectivity index (χ0n) is 17.4. The molecule has 3 aliphatic heterocycles. The summed E-state index contributed by atoms with van der Waals surface area (Å²) in [5.74, 6) is -1.56. The van der Waals surface area contributed by atoms with E-state index in [9.17, 15) is 13.6 Å². The first-order chi connectivity index (χ1) is 15.0. The van der Waals surface area contributed by atoms with Gasteiger partial charge in [0.2, 0.25) is 0 Å². The molecule has 4 rings (SSSR count). The van der Waals surface area contributed by atoms with Crippen LogP contribution in [0.3, 0.4) is 0 Å². The van der Waals surface area contributed by atoms with Gasteiger partial charge in [-0.15, -0.1) is 0 Å². The SMILES string of the molecule is NC(=O)NC1=C[N+]2(CCCCN3CCN(c4cccc(F)c4F)CC3)C=CC=CC2=C1. The molecule has 3 heterocycles. The van der Waals surface area contributed by atoms with E-state index in [-0.39, 0.29) is 0 Å². The second-order valence-electron chi connectivity index (χ2n) is 8.11. The average molecular weight is 429 g/mol. The monoisotopic (exact) mass is 428 g/mol. The van der Waals surface area contributed by atoms with Crippen molar-refractivity contribution in [2.45, 2.75) is 12.8 Å². The fourth-order valence-corrected chi connectivity index (χ4v) is 4.45. The van der Waals surface area contributed by atoms with Crippen LogP contribution >= 0.6 is 0 Å². The summed E-state index contributed by atoms with van der Waals surface area (Å²) >= 11 is 0. The Labute approximate surface area is 181 Å². The quantitative estimate of drug-likeness (QED) is 0.518. The number of fused-ring (bicyclic) bond motifs is 1. The number of nitrogens with one attached hydrogen (secondary N) is 1. The van der Waals surface area contributed by atoms with Crippen molar-refractivity contribution in [3.05, 3.63) is 77.9 Å². The third kappa shape index (κ3) is 4.70. The Balaban J connectivity index is 1.25. The van der Waals surface area contributed by atoms with Crippen molar-refractivity contribution >= 4 is 11.7 Å². The molecule has 0 aromatic heterocycles. The molecule has 0 saturated carbocycles. The van der Waals surface area contributed by atoms with E-state index in [0.29, 0.717) is 23.3 Å². The van der Waals surface area contributed by atoms with Crippen LogP contribution in [0.2, 0.25) is 0 Å². The fraction of sp³-hybridized carbons (Fsp3) is 0.348. The van der Waals surface area contributed by atoms with Gasteiger partial charge in [0.05, 0.1) is 12.2 Å². The number of benzene rings is 1. The molecule has 2 amide bonds. The van der Waals surface area contributed by atoms with Crippen LogP contribution in [0, 0.1) is 11.6 Å². The van der Waals surface area contributed by atoms with Crippen LogP contribution in [-0.2, 0) is 0 Å². The Kier molecular flexibility index (Phi) is 6.20. The number of urea groups is 1. The van der Waals surface area contributed by atoms with Crippen molar-refractivity contribution in [1.82, 2.24) is 10.2 Å². The number of nitrogens with two attached hydrogens (primary N) is 1. The molecule has 1 unspecified atom stereocenters. The molecule has 1 aromatic rings. The predicted octanol–water partition coefficient (Wildman–Crippen LogP) is 3.17. The van der Waals surface area contributed by atoms with Gasteiger partial charge in [-0.2, -0.15) is 0 Å². The van der Waals surface area contributed by atoms with Gasteiger partial charge in [0.15, 0.2) is 11.6 Å². The summed E-state index contributed by atoms with van der Waals surface area (Å²) < 4.78 is 28.1. The van der Waals surface area contributed by atoms with Crippen LogP contribution in [0.15, 0.2) is 66.3 Å². The summed E-state index contributed by atoms with van der Waals surface area (Å²) in [4.78, 5) is 15.5. The van der Waals surface area contributed by atoms with Crippen LogP contribution in [0.5, 0.6) is 0 Å². The smallest absolute Gasteiger partial charge is 0.316 e. The molecule has 1 fully saturated rings. The average Bonchev–Trinajstić information content (AvgIpc) is 3.11. The van der Waals surface area contributed by atoms with Crippen molar-refractivity contribution in [2.75, 3.05) is 44.2 Å². The molecule has 1 aromatic carbocycles. The molecule has 3 aliphatic rings. The highest BCUT2D eigenvalue weighted by Gasteiger charge is 2.34. The largest absolute Gasteiger partial charge is 0.367 e. The summed E-state index contributed by atoms with van der Waals surface area (Å²) in [7, 11) is 0. The van der Waals surface area contributed by atoms with Crippen LogP contribution in [0.25, 0.3) is 0 Å². The van der Waals surface area contributed by atoms with Crippen molar-refractivity contribution in [1.29, 1.82) is 0 Å². The van der Waals surface area contributed by atoms with E-state index in [2.05, 4.69) is 22.5 Å². The Morgan fingerprint density at radius 2 is 1.94 bits per heavy atom. The minimum atomic E-state index is -0.799. The zero-order valence-corrected chi connectivity index (χ0v) is 17.4. The lowest BCUT2D eigenvalue weighted by atomic mass is 10.2. The van der Waals surface area contributed by atoms with Gasteiger partial charge in [-0.25, -0.2) is 18.1 Å². The van der Waals surface area contributed by atoms with E-state index >= 15 is 0 Å². The third-order valence-electron chi connectivity index (χ3n) is 6.05. The van der Waals surface area contributed by atoms with E-state index in [1.165, 1.54) is 0 Å². The number of quaternary nitrogens is 1. The molecule has 0 spiro atoms. The number of primary amides is 1. The lowest BCUT2D eigenvalue weighted by molar-refractivity contribution is -0.783. The van der Waals surface area contributed by atoms with Crippen LogP contribution in [0.4, 0.5) is 19.3 Å². The molecule has 0 bridgehead atoms. The molecule has 3 N–H and O–H groups in total. The summed E-state index contributed by atoms with van der Waals surface area (Å²) in [5, 5.41) is 2.67. The van der Waals surface area contributed by atoms with Gasteiger partial charge in [0.1, 0.15) is 23.8 Å². The van der Waals surface area contributed by atoms with Crippen molar-refractivity contribution in [3.8, 4) is 0 Å². The summed E-state index contributed by atoms with van der Waals surface area (Å²) in [6.45, 7) is 4.89. The van der Waals surface area contributed by atoms with Crippen LogP contribution in [0.1, 0.15) is 12.8 Å². The Hall–Kier alpha value is -2.97. The molecule has 6 nitrogen and oxygen atoms in total. The first kappa shape index (κ1) is 21.3. The first-order valence-electron chi connectivity index (χ1n) is 10.6. The molecular formula is C23H28F2N5O+. The van der Waals surface area contributed by atoms with E-state index in [1.54, 1.807) is 12.1 Å². The highest BCUT2D eigenvalue weighted by Crippen LogP contribution is 2.32. The maximum atomic E-state index is 14.0. The molecule has 8 heteroatoms. The number of nitrogens with zero attached hydrogens (tertiary/aromatic N) is 3. The van der Waals surface area contributed by atoms with E-state index in [4.69, 9.17) is 5.73 Å². The molecule has 164 valence electrons. The van der Waals surface area contributed by atoms with Crippen LogP contribution < -0.4 is 16.0 Å². The molecule has 1 saturated heterocycles. The van der Waals surface area contributed by atoms with E-state index < -0.39 is 17.7 Å². The number of carbonyl (C=O) groups is 1. The Morgan fingerprint density at radius 1 is 1.13 bits per heavy atom. The van der Waals surface area contributed by atoms with Gasteiger partial charge in [-0.3, -0.25) is 4.90 Å².